The zero-order chi connectivity index (χ0) is 13.5. The number of hydrogen-bond acceptors (Lipinski definition) is 5. The Hall–Kier alpha value is -0.650. The van der Waals surface area contributed by atoms with Gasteiger partial charge in [0.15, 0.2) is 0 Å². The van der Waals surface area contributed by atoms with Crippen LogP contribution in [0.2, 0.25) is 0 Å². The van der Waals surface area contributed by atoms with Gasteiger partial charge in [-0.15, -0.1) is 0 Å². The predicted molar refractivity (Wildman–Crippen MR) is 73.1 cm³/mol. The molecule has 0 aromatic carbocycles. The SMILES string of the molecule is CN1CCC(OC(=O)CCOC2CCNCC2)CC1. The second kappa shape index (κ2) is 7.82. The van der Waals surface area contributed by atoms with E-state index in [2.05, 4.69) is 17.3 Å². The Balaban J connectivity index is 1.54. The largest absolute Gasteiger partial charge is 0.462 e. The summed E-state index contributed by atoms with van der Waals surface area (Å²) in [5.41, 5.74) is 0. The molecular formula is C14H26N2O3. The normalized spacial score (nSPS) is 23.4. The van der Waals surface area contributed by atoms with Gasteiger partial charge in [-0.25, -0.2) is 0 Å². The standard InChI is InChI=1S/C14H26N2O3/c1-16-9-4-13(5-10-16)19-14(17)6-11-18-12-2-7-15-8-3-12/h12-13,15H,2-11H2,1H3. The van der Waals surface area contributed by atoms with Gasteiger partial charge in [0.1, 0.15) is 6.10 Å². The van der Waals surface area contributed by atoms with Crippen LogP contribution < -0.4 is 5.32 Å². The molecule has 0 atom stereocenters. The van der Waals surface area contributed by atoms with Crippen molar-refractivity contribution >= 4 is 5.97 Å². The summed E-state index contributed by atoms with van der Waals surface area (Å²) in [7, 11) is 2.10. The summed E-state index contributed by atoms with van der Waals surface area (Å²) in [4.78, 5) is 14.0. The molecule has 0 aromatic heterocycles. The van der Waals surface area contributed by atoms with Crippen LogP contribution in [0.15, 0.2) is 0 Å². The molecule has 2 rings (SSSR count). The predicted octanol–water partition coefficient (Wildman–Crippen LogP) is 0.783. The summed E-state index contributed by atoms with van der Waals surface area (Å²) in [6.07, 6.45) is 4.82. The number of ether oxygens (including phenoxy) is 2. The van der Waals surface area contributed by atoms with E-state index in [1.165, 1.54) is 0 Å². The molecule has 5 nitrogen and oxygen atoms in total. The van der Waals surface area contributed by atoms with Crippen LogP contribution in [0, 0.1) is 0 Å². The molecule has 0 bridgehead atoms. The number of hydrogen-bond donors (Lipinski definition) is 1. The maximum absolute atomic E-state index is 11.7. The lowest BCUT2D eigenvalue weighted by molar-refractivity contribution is -0.152. The number of nitrogens with zero attached hydrogens (tertiary/aromatic N) is 1. The average molecular weight is 270 g/mol. The fourth-order valence-electron chi connectivity index (χ4n) is 2.62. The smallest absolute Gasteiger partial charge is 0.308 e. The summed E-state index contributed by atoms with van der Waals surface area (Å²) in [6, 6.07) is 0. The third-order valence-electron chi connectivity index (χ3n) is 3.91. The zero-order valence-electron chi connectivity index (χ0n) is 11.9. The molecule has 0 radical (unpaired) electrons. The second-order valence-electron chi connectivity index (χ2n) is 5.56. The lowest BCUT2D eigenvalue weighted by Gasteiger charge is -2.28. The summed E-state index contributed by atoms with van der Waals surface area (Å²) < 4.78 is 11.2. The minimum absolute atomic E-state index is 0.108. The van der Waals surface area contributed by atoms with E-state index >= 15 is 0 Å². The van der Waals surface area contributed by atoms with Gasteiger partial charge >= 0.3 is 5.97 Å². The number of piperidine rings is 2. The highest BCUT2D eigenvalue weighted by Gasteiger charge is 2.20. The zero-order valence-corrected chi connectivity index (χ0v) is 11.9. The monoisotopic (exact) mass is 270 g/mol. The molecule has 2 fully saturated rings. The van der Waals surface area contributed by atoms with Crippen molar-refractivity contribution in [3.8, 4) is 0 Å². The minimum Gasteiger partial charge on any atom is -0.462 e. The number of carbonyl (C=O) groups is 1. The fraction of sp³-hybridized carbons (Fsp3) is 0.929. The lowest BCUT2D eigenvalue weighted by atomic mass is 10.1. The summed E-state index contributed by atoms with van der Waals surface area (Å²) in [5, 5.41) is 3.30. The Kier molecular flexibility index (Phi) is 6.07. The molecule has 0 amide bonds. The summed E-state index contributed by atoms with van der Waals surface area (Å²) in [6.45, 7) is 4.57. The van der Waals surface area contributed by atoms with Crippen molar-refractivity contribution in [2.45, 2.75) is 44.3 Å². The molecule has 1 N–H and O–H groups in total. The lowest BCUT2D eigenvalue weighted by Crippen LogP contribution is -2.35. The Morgan fingerprint density at radius 3 is 2.53 bits per heavy atom. The molecule has 0 saturated carbocycles. The van der Waals surface area contributed by atoms with E-state index in [4.69, 9.17) is 9.47 Å². The Bertz CT molecular complexity index is 272. The van der Waals surface area contributed by atoms with Crippen LogP contribution in [0.3, 0.4) is 0 Å². The first-order valence-corrected chi connectivity index (χ1v) is 7.44. The summed E-state index contributed by atoms with van der Waals surface area (Å²) in [5.74, 6) is -0.108. The highest BCUT2D eigenvalue weighted by Crippen LogP contribution is 2.13. The minimum atomic E-state index is -0.108. The Labute approximate surface area is 115 Å². The van der Waals surface area contributed by atoms with E-state index in [0.29, 0.717) is 19.1 Å². The topological polar surface area (TPSA) is 50.8 Å². The molecule has 5 heteroatoms. The maximum atomic E-state index is 11.7. The van der Waals surface area contributed by atoms with Crippen LogP contribution in [-0.4, -0.2) is 62.9 Å². The van der Waals surface area contributed by atoms with Crippen molar-refractivity contribution in [1.29, 1.82) is 0 Å². The van der Waals surface area contributed by atoms with Crippen LogP contribution in [0.4, 0.5) is 0 Å². The third kappa shape index (κ3) is 5.47. The van der Waals surface area contributed by atoms with Crippen LogP contribution in [0.25, 0.3) is 0 Å². The van der Waals surface area contributed by atoms with Crippen LogP contribution in [0.5, 0.6) is 0 Å². The van der Waals surface area contributed by atoms with Gasteiger partial charge < -0.3 is 19.7 Å². The van der Waals surface area contributed by atoms with Crippen LogP contribution in [-0.2, 0) is 14.3 Å². The Morgan fingerprint density at radius 2 is 1.84 bits per heavy atom. The highest BCUT2D eigenvalue weighted by molar-refractivity contribution is 5.69. The van der Waals surface area contributed by atoms with E-state index in [9.17, 15) is 4.79 Å². The third-order valence-corrected chi connectivity index (χ3v) is 3.91. The van der Waals surface area contributed by atoms with Crippen LogP contribution in [0.1, 0.15) is 32.1 Å². The molecule has 2 aliphatic rings. The van der Waals surface area contributed by atoms with Gasteiger partial charge in [-0.05, 0) is 45.8 Å². The number of carbonyl (C=O) groups excluding carboxylic acids is 1. The van der Waals surface area contributed by atoms with Crippen LogP contribution >= 0.6 is 0 Å². The number of esters is 1. The molecular weight excluding hydrogens is 244 g/mol. The molecule has 0 unspecified atom stereocenters. The molecule has 0 spiro atoms. The van der Waals surface area contributed by atoms with Gasteiger partial charge in [-0.1, -0.05) is 0 Å². The molecule has 2 saturated heterocycles. The average Bonchev–Trinajstić information content (AvgIpc) is 2.43. The van der Waals surface area contributed by atoms with E-state index in [-0.39, 0.29) is 12.1 Å². The van der Waals surface area contributed by atoms with Crippen molar-refractivity contribution in [2.75, 3.05) is 39.8 Å². The van der Waals surface area contributed by atoms with Gasteiger partial charge in [0.05, 0.1) is 19.1 Å². The van der Waals surface area contributed by atoms with Crippen molar-refractivity contribution in [1.82, 2.24) is 10.2 Å². The first-order valence-electron chi connectivity index (χ1n) is 7.44. The van der Waals surface area contributed by atoms with E-state index in [1.807, 2.05) is 0 Å². The molecule has 0 aliphatic carbocycles. The van der Waals surface area contributed by atoms with Gasteiger partial charge in [-0.3, -0.25) is 4.79 Å². The van der Waals surface area contributed by atoms with Crippen molar-refractivity contribution in [3.05, 3.63) is 0 Å². The quantitative estimate of drug-likeness (QED) is 0.748. The highest BCUT2D eigenvalue weighted by atomic mass is 16.5. The van der Waals surface area contributed by atoms with Gasteiger partial charge in [-0.2, -0.15) is 0 Å². The molecule has 2 heterocycles. The molecule has 2 aliphatic heterocycles. The summed E-state index contributed by atoms with van der Waals surface area (Å²) >= 11 is 0. The van der Waals surface area contributed by atoms with Crippen molar-refractivity contribution in [2.24, 2.45) is 0 Å². The van der Waals surface area contributed by atoms with Gasteiger partial charge in [0.25, 0.3) is 0 Å². The van der Waals surface area contributed by atoms with E-state index in [0.717, 1.165) is 51.9 Å². The second-order valence-corrected chi connectivity index (χ2v) is 5.56. The first kappa shape index (κ1) is 14.8. The van der Waals surface area contributed by atoms with Gasteiger partial charge in [0.2, 0.25) is 0 Å². The molecule has 110 valence electrons. The van der Waals surface area contributed by atoms with E-state index < -0.39 is 0 Å². The number of likely N-dealkylation sites (tertiary alicyclic amines) is 1. The van der Waals surface area contributed by atoms with Gasteiger partial charge in [0, 0.05) is 13.1 Å². The molecule has 0 aromatic rings. The van der Waals surface area contributed by atoms with E-state index in [1.54, 1.807) is 0 Å². The Morgan fingerprint density at radius 1 is 1.16 bits per heavy atom. The fourth-order valence-corrected chi connectivity index (χ4v) is 2.62. The molecule has 19 heavy (non-hydrogen) atoms. The van der Waals surface area contributed by atoms with Crippen molar-refractivity contribution in [3.63, 3.8) is 0 Å². The number of rotatable bonds is 5. The number of nitrogens with one attached hydrogen (secondary N) is 1. The van der Waals surface area contributed by atoms with Crippen molar-refractivity contribution < 1.29 is 14.3 Å². The maximum Gasteiger partial charge on any atom is 0.308 e. The first-order chi connectivity index (χ1) is 9.24.